The highest BCUT2D eigenvalue weighted by Crippen LogP contribution is 2.17. The fourth-order valence-electron chi connectivity index (χ4n) is 1.78. The number of rotatable bonds is 4. The Bertz CT molecular complexity index is 468. The van der Waals surface area contributed by atoms with Crippen molar-refractivity contribution >= 4 is 11.9 Å². The molecule has 5 heteroatoms. The van der Waals surface area contributed by atoms with Gasteiger partial charge in [0.25, 0.3) is 0 Å². The lowest BCUT2D eigenvalue weighted by molar-refractivity contribution is -0.154. The molecule has 0 bridgehead atoms. The Morgan fingerprint density at radius 2 is 1.95 bits per heavy atom. The van der Waals surface area contributed by atoms with Crippen LogP contribution in [0.3, 0.4) is 0 Å². The maximum atomic E-state index is 11.6. The standard InChI is InChI=1S/C14H21NO4/c1-9-8-15-10(12(9)13(17)18-5)6-7-11(16)19-14(2,3)4/h8,15H,6-7H2,1-5H3. The highest BCUT2D eigenvalue weighted by molar-refractivity contribution is 5.92. The van der Waals surface area contributed by atoms with Crippen molar-refractivity contribution < 1.29 is 19.1 Å². The lowest BCUT2D eigenvalue weighted by atomic mass is 10.1. The van der Waals surface area contributed by atoms with E-state index in [1.54, 1.807) is 6.20 Å². The van der Waals surface area contributed by atoms with Crippen molar-refractivity contribution in [2.24, 2.45) is 0 Å². The average molecular weight is 267 g/mol. The number of hydrogen-bond acceptors (Lipinski definition) is 4. The molecule has 0 saturated carbocycles. The van der Waals surface area contributed by atoms with Crippen molar-refractivity contribution in [1.82, 2.24) is 4.98 Å². The molecule has 0 aliphatic carbocycles. The normalized spacial score (nSPS) is 11.2. The predicted octanol–water partition coefficient (Wildman–Crippen LogP) is 2.38. The van der Waals surface area contributed by atoms with E-state index in [1.807, 2.05) is 27.7 Å². The number of aromatic nitrogens is 1. The first-order valence-electron chi connectivity index (χ1n) is 6.21. The third-order valence-corrected chi connectivity index (χ3v) is 2.55. The van der Waals surface area contributed by atoms with Gasteiger partial charge in [-0.25, -0.2) is 4.79 Å². The molecule has 0 spiro atoms. The minimum Gasteiger partial charge on any atom is -0.465 e. The van der Waals surface area contributed by atoms with Gasteiger partial charge in [-0.2, -0.15) is 0 Å². The van der Waals surface area contributed by atoms with Gasteiger partial charge in [0.15, 0.2) is 0 Å². The van der Waals surface area contributed by atoms with E-state index in [2.05, 4.69) is 4.98 Å². The number of ether oxygens (including phenoxy) is 2. The maximum absolute atomic E-state index is 11.6. The van der Waals surface area contributed by atoms with Gasteiger partial charge in [0, 0.05) is 11.9 Å². The van der Waals surface area contributed by atoms with Crippen LogP contribution in [0.15, 0.2) is 6.20 Å². The van der Waals surface area contributed by atoms with Gasteiger partial charge >= 0.3 is 11.9 Å². The van der Waals surface area contributed by atoms with Crippen LogP contribution < -0.4 is 0 Å². The molecule has 5 nitrogen and oxygen atoms in total. The number of nitrogens with one attached hydrogen (secondary N) is 1. The number of aryl methyl sites for hydroxylation is 2. The first-order valence-corrected chi connectivity index (χ1v) is 6.21. The SMILES string of the molecule is COC(=O)c1c(C)c[nH]c1CCC(=O)OC(C)(C)C. The third-order valence-electron chi connectivity index (χ3n) is 2.55. The molecule has 1 heterocycles. The predicted molar refractivity (Wildman–Crippen MR) is 71.0 cm³/mol. The van der Waals surface area contributed by atoms with E-state index in [-0.39, 0.29) is 12.4 Å². The summed E-state index contributed by atoms with van der Waals surface area (Å²) in [5.41, 5.74) is 1.53. The Balaban J connectivity index is 2.69. The fourth-order valence-corrected chi connectivity index (χ4v) is 1.78. The van der Waals surface area contributed by atoms with E-state index in [9.17, 15) is 9.59 Å². The molecular weight excluding hydrogens is 246 g/mol. The Morgan fingerprint density at radius 3 is 2.47 bits per heavy atom. The van der Waals surface area contributed by atoms with Gasteiger partial charge in [-0.15, -0.1) is 0 Å². The van der Waals surface area contributed by atoms with Crippen LogP contribution in [-0.4, -0.2) is 29.6 Å². The van der Waals surface area contributed by atoms with Crippen LogP contribution in [0, 0.1) is 6.92 Å². The van der Waals surface area contributed by atoms with E-state index >= 15 is 0 Å². The molecule has 1 N–H and O–H groups in total. The van der Waals surface area contributed by atoms with E-state index in [0.717, 1.165) is 5.56 Å². The molecule has 106 valence electrons. The Morgan fingerprint density at radius 1 is 1.32 bits per heavy atom. The maximum Gasteiger partial charge on any atom is 0.339 e. The zero-order chi connectivity index (χ0) is 14.6. The molecule has 0 amide bonds. The molecule has 19 heavy (non-hydrogen) atoms. The van der Waals surface area contributed by atoms with Crippen LogP contribution >= 0.6 is 0 Å². The van der Waals surface area contributed by atoms with Crippen molar-refractivity contribution in [2.75, 3.05) is 7.11 Å². The van der Waals surface area contributed by atoms with Gasteiger partial charge in [-0.3, -0.25) is 4.79 Å². The molecule has 1 aromatic heterocycles. The van der Waals surface area contributed by atoms with Gasteiger partial charge < -0.3 is 14.5 Å². The molecular formula is C14H21NO4. The first kappa shape index (κ1) is 15.3. The van der Waals surface area contributed by atoms with Crippen LogP contribution in [0.5, 0.6) is 0 Å². The van der Waals surface area contributed by atoms with Crippen LogP contribution in [0.1, 0.15) is 48.8 Å². The smallest absolute Gasteiger partial charge is 0.339 e. The monoisotopic (exact) mass is 267 g/mol. The summed E-state index contributed by atoms with van der Waals surface area (Å²) in [6, 6.07) is 0. The van der Waals surface area contributed by atoms with E-state index < -0.39 is 11.6 Å². The highest BCUT2D eigenvalue weighted by atomic mass is 16.6. The van der Waals surface area contributed by atoms with E-state index in [1.165, 1.54) is 7.11 Å². The first-order chi connectivity index (χ1) is 8.74. The van der Waals surface area contributed by atoms with Gasteiger partial charge in [0.05, 0.1) is 19.1 Å². The van der Waals surface area contributed by atoms with Crippen LogP contribution in [0.4, 0.5) is 0 Å². The second kappa shape index (κ2) is 5.91. The average Bonchev–Trinajstić information content (AvgIpc) is 2.64. The lowest BCUT2D eigenvalue weighted by Gasteiger charge is -2.19. The molecule has 0 atom stereocenters. The van der Waals surface area contributed by atoms with Gasteiger partial charge in [-0.1, -0.05) is 0 Å². The number of methoxy groups -OCH3 is 1. The molecule has 1 aromatic rings. The molecule has 0 saturated heterocycles. The fraction of sp³-hybridized carbons (Fsp3) is 0.571. The quantitative estimate of drug-likeness (QED) is 0.850. The van der Waals surface area contributed by atoms with Gasteiger partial charge in [-0.05, 0) is 39.7 Å². The van der Waals surface area contributed by atoms with E-state index in [4.69, 9.17) is 9.47 Å². The third kappa shape index (κ3) is 4.43. The largest absolute Gasteiger partial charge is 0.465 e. The number of aromatic amines is 1. The summed E-state index contributed by atoms with van der Waals surface area (Å²) in [4.78, 5) is 26.3. The van der Waals surface area contributed by atoms with Crippen molar-refractivity contribution in [1.29, 1.82) is 0 Å². The zero-order valence-electron chi connectivity index (χ0n) is 12.1. The Kier molecular flexibility index (Phi) is 4.75. The molecule has 0 fully saturated rings. The van der Waals surface area contributed by atoms with E-state index in [0.29, 0.717) is 17.7 Å². The number of esters is 2. The molecule has 0 aromatic carbocycles. The highest BCUT2D eigenvalue weighted by Gasteiger charge is 2.20. The van der Waals surface area contributed by atoms with Crippen molar-refractivity contribution in [3.63, 3.8) is 0 Å². The molecule has 0 aliphatic heterocycles. The molecule has 1 rings (SSSR count). The lowest BCUT2D eigenvalue weighted by Crippen LogP contribution is -2.24. The second-order valence-electron chi connectivity index (χ2n) is 5.40. The second-order valence-corrected chi connectivity index (χ2v) is 5.40. The summed E-state index contributed by atoms with van der Waals surface area (Å²) in [6.07, 6.45) is 2.38. The van der Waals surface area contributed by atoms with Gasteiger partial charge in [0.1, 0.15) is 5.60 Å². The number of hydrogen-bond donors (Lipinski definition) is 1. The number of carbonyl (C=O) groups excluding carboxylic acids is 2. The number of H-pyrrole nitrogens is 1. The minimum absolute atomic E-state index is 0.223. The molecule has 0 radical (unpaired) electrons. The summed E-state index contributed by atoms with van der Waals surface area (Å²) in [5.74, 6) is -0.673. The topological polar surface area (TPSA) is 68.4 Å². The Hall–Kier alpha value is -1.78. The van der Waals surface area contributed by atoms with Crippen LogP contribution in [0.2, 0.25) is 0 Å². The minimum atomic E-state index is -0.492. The molecule has 0 aliphatic rings. The van der Waals surface area contributed by atoms with Crippen LogP contribution in [-0.2, 0) is 20.7 Å². The summed E-state index contributed by atoms with van der Waals surface area (Å²) >= 11 is 0. The van der Waals surface area contributed by atoms with Gasteiger partial charge in [0.2, 0.25) is 0 Å². The van der Waals surface area contributed by atoms with Crippen molar-refractivity contribution in [3.05, 3.63) is 23.0 Å². The summed E-state index contributed by atoms with van der Waals surface area (Å²) < 4.78 is 9.95. The summed E-state index contributed by atoms with van der Waals surface area (Å²) in [5, 5.41) is 0. The van der Waals surface area contributed by atoms with Crippen molar-refractivity contribution in [3.8, 4) is 0 Å². The summed E-state index contributed by atoms with van der Waals surface area (Å²) in [7, 11) is 1.34. The summed E-state index contributed by atoms with van der Waals surface area (Å²) in [6.45, 7) is 7.29. The van der Waals surface area contributed by atoms with Crippen LogP contribution in [0.25, 0.3) is 0 Å². The zero-order valence-corrected chi connectivity index (χ0v) is 12.1. The number of carbonyl (C=O) groups is 2. The molecule has 0 unspecified atom stereocenters. The Labute approximate surface area is 113 Å². The van der Waals surface area contributed by atoms with Crippen molar-refractivity contribution in [2.45, 2.75) is 46.1 Å².